The van der Waals surface area contributed by atoms with Gasteiger partial charge in [0, 0.05) is 6.42 Å². The third kappa shape index (κ3) is 2.52. The van der Waals surface area contributed by atoms with Gasteiger partial charge in [-0.2, -0.15) is 0 Å². The molecule has 0 unspecified atom stereocenters. The van der Waals surface area contributed by atoms with Crippen molar-refractivity contribution in [2.24, 2.45) is 0 Å². The van der Waals surface area contributed by atoms with E-state index in [9.17, 15) is 0 Å². The van der Waals surface area contributed by atoms with Gasteiger partial charge >= 0.3 is 0 Å². The second-order valence-electron chi connectivity index (χ2n) is 3.74. The van der Waals surface area contributed by atoms with Crippen LogP contribution in [0.3, 0.4) is 0 Å². The van der Waals surface area contributed by atoms with E-state index in [0.717, 1.165) is 23.4 Å². The molecule has 0 saturated carbocycles. The quantitative estimate of drug-likeness (QED) is 0.761. The van der Waals surface area contributed by atoms with Crippen LogP contribution in [-0.2, 0) is 6.42 Å². The fourth-order valence-corrected chi connectivity index (χ4v) is 1.60. The van der Waals surface area contributed by atoms with Gasteiger partial charge in [0.05, 0.1) is 12.5 Å². The maximum absolute atomic E-state index is 4.38. The molecule has 0 aliphatic heterocycles. The molecule has 0 radical (unpaired) electrons. The predicted molar refractivity (Wildman–Crippen MR) is 59.5 cm³/mol. The number of aryl methyl sites for hydroxylation is 1. The smallest absolute Gasteiger partial charge is 0.180 e. The number of aromatic nitrogens is 4. The maximum Gasteiger partial charge on any atom is 0.180 e. The summed E-state index contributed by atoms with van der Waals surface area (Å²) >= 11 is 0. The van der Waals surface area contributed by atoms with Crippen LogP contribution in [0.15, 0.2) is 12.5 Å². The molecule has 0 saturated heterocycles. The molecule has 0 bridgehead atoms. The number of H-pyrrole nitrogens is 1. The first-order chi connectivity index (χ1) is 7.40. The van der Waals surface area contributed by atoms with Crippen LogP contribution in [0.5, 0.6) is 0 Å². The average molecular weight is 204 g/mol. The Morgan fingerprint density at radius 3 is 3.00 bits per heavy atom. The van der Waals surface area contributed by atoms with Crippen molar-refractivity contribution in [1.82, 2.24) is 19.9 Å². The monoisotopic (exact) mass is 204 g/mol. The molecule has 2 aromatic heterocycles. The van der Waals surface area contributed by atoms with E-state index in [1.54, 1.807) is 6.33 Å². The van der Waals surface area contributed by atoms with Gasteiger partial charge in [-0.1, -0.05) is 26.2 Å². The average Bonchev–Trinajstić information content (AvgIpc) is 2.71. The number of fused-ring (bicyclic) bond motifs is 1. The number of rotatable bonds is 5. The third-order valence-electron chi connectivity index (χ3n) is 2.48. The summed E-state index contributed by atoms with van der Waals surface area (Å²) in [5.41, 5.74) is 1.68. The van der Waals surface area contributed by atoms with Crippen molar-refractivity contribution in [2.45, 2.75) is 39.0 Å². The molecule has 15 heavy (non-hydrogen) atoms. The summed E-state index contributed by atoms with van der Waals surface area (Å²) in [5, 5.41) is 0. The van der Waals surface area contributed by atoms with Crippen LogP contribution in [0.25, 0.3) is 11.2 Å². The molecule has 2 heterocycles. The molecular weight excluding hydrogens is 188 g/mol. The first-order valence-corrected chi connectivity index (χ1v) is 5.55. The molecule has 0 aliphatic carbocycles. The summed E-state index contributed by atoms with van der Waals surface area (Å²) < 4.78 is 0. The summed E-state index contributed by atoms with van der Waals surface area (Å²) in [6.07, 6.45) is 9.42. The number of hydrogen-bond donors (Lipinski definition) is 1. The van der Waals surface area contributed by atoms with Crippen molar-refractivity contribution in [3.8, 4) is 0 Å². The van der Waals surface area contributed by atoms with Gasteiger partial charge in [0.25, 0.3) is 0 Å². The van der Waals surface area contributed by atoms with E-state index >= 15 is 0 Å². The van der Waals surface area contributed by atoms with Crippen molar-refractivity contribution in [3.63, 3.8) is 0 Å². The summed E-state index contributed by atoms with van der Waals surface area (Å²) in [5.74, 6) is 0.908. The van der Waals surface area contributed by atoms with Gasteiger partial charge < -0.3 is 4.98 Å². The second-order valence-corrected chi connectivity index (χ2v) is 3.74. The van der Waals surface area contributed by atoms with E-state index in [1.165, 1.54) is 25.7 Å². The van der Waals surface area contributed by atoms with E-state index in [2.05, 4.69) is 26.9 Å². The highest BCUT2D eigenvalue weighted by molar-refractivity contribution is 5.67. The third-order valence-corrected chi connectivity index (χ3v) is 2.48. The molecule has 1 N–H and O–H groups in total. The van der Waals surface area contributed by atoms with Gasteiger partial charge in [-0.15, -0.1) is 0 Å². The number of imidazole rings is 1. The van der Waals surface area contributed by atoms with Crippen LogP contribution in [-0.4, -0.2) is 19.9 Å². The van der Waals surface area contributed by atoms with E-state index in [-0.39, 0.29) is 0 Å². The lowest BCUT2D eigenvalue weighted by molar-refractivity contribution is 0.653. The molecule has 0 fully saturated rings. The van der Waals surface area contributed by atoms with Crippen LogP contribution in [0.4, 0.5) is 0 Å². The molecule has 80 valence electrons. The lowest BCUT2D eigenvalue weighted by Gasteiger charge is -1.98. The standard InChI is InChI=1S/C11H16N4/c1-2-3-4-5-6-10-12-7-9-11(15-10)14-8-13-9/h7-8H,2-6H2,1H3,(H,12,13,14,15). The Kier molecular flexibility index (Phi) is 3.27. The van der Waals surface area contributed by atoms with Gasteiger partial charge in [0.15, 0.2) is 5.65 Å². The fourth-order valence-electron chi connectivity index (χ4n) is 1.60. The Morgan fingerprint density at radius 2 is 2.13 bits per heavy atom. The molecule has 0 amide bonds. The number of aromatic amines is 1. The molecule has 2 rings (SSSR count). The predicted octanol–water partition coefficient (Wildman–Crippen LogP) is 2.48. The normalized spacial score (nSPS) is 11.0. The first kappa shape index (κ1) is 10.1. The molecule has 4 heteroatoms. The first-order valence-electron chi connectivity index (χ1n) is 5.55. The van der Waals surface area contributed by atoms with Gasteiger partial charge in [0.2, 0.25) is 0 Å². The largest absolute Gasteiger partial charge is 0.342 e. The van der Waals surface area contributed by atoms with E-state index in [1.807, 2.05) is 6.20 Å². The Hall–Kier alpha value is -1.45. The molecule has 4 nitrogen and oxygen atoms in total. The highest BCUT2D eigenvalue weighted by Crippen LogP contribution is 2.07. The highest BCUT2D eigenvalue weighted by atomic mass is 15.0. The summed E-state index contributed by atoms with van der Waals surface area (Å²) in [6, 6.07) is 0. The second kappa shape index (κ2) is 4.87. The van der Waals surface area contributed by atoms with Gasteiger partial charge in [-0.25, -0.2) is 15.0 Å². The Balaban J connectivity index is 1.96. The zero-order valence-electron chi connectivity index (χ0n) is 9.03. The zero-order chi connectivity index (χ0) is 10.5. The summed E-state index contributed by atoms with van der Waals surface area (Å²) in [6.45, 7) is 2.21. The molecule has 0 aromatic carbocycles. The van der Waals surface area contributed by atoms with Crippen molar-refractivity contribution in [3.05, 3.63) is 18.3 Å². The minimum absolute atomic E-state index is 0.774. The van der Waals surface area contributed by atoms with Crippen molar-refractivity contribution < 1.29 is 0 Å². The van der Waals surface area contributed by atoms with Crippen molar-refractivity contribution in [1.29, 1.82) is 0 Å². The van der Waals surface area contributed by atoms with E-state index < -0.39 is 0 Å². The lowest BCUT2D eigenvalue weighted by Crippen LogP contribution is -1.95. The number of unbranched alkanes of at least 4 members (excludes halogenated alkanes) is 3. The fraction of sp³-hybridized carbons (Fsp3) is 0.545. The van der Waals surface area contributed by atoms with Gasteiger partial charge in [0.1, 0.15) is 11.3 Å². The van der Waals surface area contributed by atoms with Crippen LogP contribution >= 0.6 is 0 Å². The van der Waals surface area contributed by atoms with Crippen LogP contribution in [0.1, 0.15) is 38.4 Å². The summed E-state index contributed by atoms with van der Waals surface area (Å²) in [7, 11) is 0. The van der Waals surface area contributed by atoms with E-state index in [0.29, 0.717) is 0 Å². The number of hydrogen-bond acceptors (Lipinski definition) is 3. The maximum atomic E-state index is 4.38. The van der Waals surface area contributed by atoms with Gasteiger partial charge in [-0.05, 0) is 6.42 Å². The Bertz CT molecular complexity index is 421. The van der Waals surface area contributed by atoms with Crippen molar-refractivity contribution >= 4 is 11.2 Å². The van der Waals surface area contributed by atoms with Crippen LogP contribution < -0.4 is 0 Å². The number of nitrogens with one attached hydrogen (secondary N) is 1. The van der Waals surface area contributed by atoms with Crippen LogP contribution in [0.2, 0.25) is 0 Å². The minimum Gasteiger partial charge on any atom is -0.342 e. The number of nitrogens with zero attached hydrogens (tertiary/aromatic N) is 3. The molecule has 2 aromatic rings. The SMILES string of the molecule is CCCCCCc1ncc2[nH]cnc2n1. The molecule has 0 aliphatic rings. The molecule has 0 spiro atoms. The summed E-state index contributed by atoms with van der Waals surface area (Å²) in [4.78, 5) is 15.8. The molecular formula is C11H16N4. The minimum atomic E-state index is 0.774. The van der Waals surface area contributed by atoms with Crippen molar-refractivity contribution in [2.75, 3.05) is 0 Å². The Labute approximate surface area is 89.2 Å². The highest BCUT2D eigenvalue weighted by Gasteiger charge is 2.01. The van der Waals surface area contributed by atoms with E-state index in [4.69, 9.17) is 0 Å². The zero-order valence-corrected chi connectivity index (χ0v) is 9.03. The Morgan fingerprint density at radius 1 is 1.20 bits per heavy atom. The molecule has 0 atom stereocenters. The van der Waals surface area contributed by atoms with Crippen LogP contribution in [0, 0.1) is 0 Å². The lowest BCUT2D eigenvalue weighted by atomic mass is 10.1. The topological polar surface area (TPSA) is 54.5 Å². The van der Waals surface area contributed by atoms with Gasteiger partial charge in [-0.3, -0.25) is 0 Å².